The molecule has 2 fully saturated rings. The van der Waals surface area contributed by atoms with E-state index >= 15 is 0 Å². The number of guanidine groups is 1. The van der Waals surface area contributed by atoms with E-state index in [1.165, 1.54) is 32.1 Å². The van der Waals surface area contributed by atoms with Crippen molar-refractivity contribution in [3.63, 3.8) is 0 Å². The fourth-order valence-electron chi connectivity index (χ4n) is 4.12. The number of furan rings is 1. The van der Waals surface area contributed by atoms with Gasteiger partial charge in [-0.15, -0.1) is 0 Å². The normalized spacial score (nSPS) is 19.2. The molecule has 2 aliphatic rings. The summed E-state index contributed by atoms with van der Waals surface area (Å²) < 4.78 is 10.5. The molecule has 162 valence electrons. The number of hydrogen-bond acceptors (Lipinski definition) is 4. The lowest BCUT2D eigenvalue weighted by Crippen LogP contribution is -2.50. The third-order valence-electron chi connectivity index (χ3n) is 5.84. The summed E-state index contributed by atoms with van der Waals surface area (Å²) in [6.45, 7) is 5.38. The minimum atomic E-state index is -0.200. The summed E-state index contributed by atoms with van der Waals surface area (Å²) in [6, 6.07) is 4.24. The third-order valence-corrected chi connectivity index (χ3v) is 5.84. The molecule has 7 heteroatoms. The molecule has 3 rings (SSSR count). The second-order valence-corrected chi connectivity index (χ2v) is 8.05. The van der Waals surface area contributed by atoms with E-state index < -0.39 is 0 Å². The number of ether oxygens (including phenoxy) is 1. The number of likely N-dealkylation sites (tertiary alicyclic amines) is 1. The van der Waals surface area contributed by atoms with Crippen molar-refractivity contribution in [2.24, 2.45) is 10.9 Å². The molecule has 2 heterocycles. The van der Waals surface area contributed by atoms with Gasteiger partial charge in [0.05, 0.1) is 12.9 Å². The number of hydrogen-bond donors (Lipinski definition) is 2. The fourth-order valence-corrected chi connectivity index (χ4v) is 4.12. The predicted octanol–water partition coefficient (Wildman–Crippen LogP) is 3.56. The Balaban J connectivity index is 1.49. The van der Waals surface area contributed by atoms with Crippen LogP contribution in [0, 0.1) is 5.92 Å². The second-order valence-electron chi connectivity index (χ2n) is 8.05. The highest BCUT2D eigenvalue weighted by Crippen LogP contribution is 2.23. The molecule has 1 aromatic heterocycles. The van der Waals surface area contributed by atoms with Crippen molar-refractivity contribution in [3.05, 3.63) is 24.2 Å². The highest BCUT2D eigenvalue weighted by atomic mass is 16.6. The van der Waals surface area contributed by atoms with Crippen LogP contribution in [0.15, 0.2) is 27.8 Å². The lowest BCUT2D eigenvalue weighted by atomic mass is 9.89. The third kappa shape index (κ3) is 7.29. The van der Waals surface area contributed by atoms with Crippen LogP contribution >= 0.6 is 0 Å². The van der Waals surface area contributed by atoms with E-state index in [4.69, 9.17) is 14.1 Å². The van der Waals surface area contributed by atoms with E-state index in [1.54, 1.807) is 11.2 Å². The molecule has 29 heavy (non-hydrogen) atoms. The van der Waals surface area contributed by atoms with Crippen LogP contribution in [0.5, 0.6) is 0 Å². The van der Waals surface area contributed by atoms with Gasteiger partial charge in [-0.25, -0.2) is 4.79 Å². The molecular weight excluding hydrogens is 368 g/mol. The molecule has 0 radical (unpaired) electrons. The van der Waals surface area contributed by atoms with Gasteiger partial charge in [-0.1, -0.05) is 19.3 Å². The van der Waals surface area contributed by atoms with Gasteiger partial charge in [-0.2, -0.15) is 0 Å². The number of rotatable bonds is 7. The van der Waals surface area contributed by atoms with Crippen LogP contribution in [0.1, 0.15) is 57.6 Å². The minimum Gasteiger partial charge on any atom is -0.469 e. The Bertz CT molecular complexity index is 618. The summed E-state index contributed by atoms with van der Waals surface area (Å²) in [5, 5.41) is 7.07. The molecule has 0 atom stereocenters. The first-order valence-electron chi connectivity index (χ1n) is 11.2. The van der Waals surface area contributed by atoms with Gasteiger partial charge in [0.25, 0.3) is 0 Å². The van der Waals surface area contributed by atoms with Crippen molar-refractivity contribution in [2.45, 2.75) is 64.3 Å². The maximum atomic E-state index is 11.9. The van der Waals surface area contributed by atoms with E-state index in [9.17, 15) is 4.79 Å². The molecule has 1 saturated carbocycles. The largest absolute Gasteiger partial charge is 0.469 e. The van der Waals surface area contributed by atoms with Crippen molar-refractivity contribution in [2.75, 3.05) is 32.8 Å². The lowest BCUT2D eigenvalue weighted by molar-refractivity contribution is 0.0963. The summed E-state index contributed by atoms with van der Waals surface area (Å²) in [5.74, 6) is 2.57. The Morgan fingerprint density at radius 3 is 2.72 bits per heavy atom. The van der Waals surface area contributed by atoms with Crippen molar-refractivity contribution >= 4 is 12.1 Å². The molecule has 2 N–H and O–H groups in total. The topological polar surface area (TPSA) is 79.1 Å². The quantitative estimate of drug-likeness (QED) is 0.537. The van der Waals surface area contributed by atoms with Crippen LogP contribution in [-0.2, 0) is 11.2 Å². The number of amides is 1. The maximum absolute atomic E-state index is 11.9. The van der Waals surface area contributed by atoms with Crippen LogP contribution in [0.2, 0.25) is 0 Å². The molecule has 0 unspecified atom stereocenters. The molecule has 1 amide bonds. The number of aliphatic imine (C=N–C) groups is 1. The van der Waals surface area contributed by atoms with Gasteiger partial charge in [0.1, 0.15) is 5.76 Å². The van der Waals surface area contributed by atoms with E-state index in [0.717, 1.165) is 57.2 Å². The molecule has 1 aliphatic heterocycles. The van der Waals surface area contributed by atoms with Crippen LogP contribution in [0.3, 0.4) is 0 Å². The maximum Gasteiger partial charge on any atom is 0.409 e. The van der Waals surface area contributed by atoms with Crippen molar-refractivity contribution in [1.82, 2.24) is 15.5 Å². The average Bonchev–Trinajstić information content (AvgIpc) is 3.27. The fraction of sp³-hybridized carbons (Fsp3) is 0.727. The summed E-state index contributed by atoms with van der Waals surface area (Å²) in [4.78, 5) is 18.6. The number of carbonyl (C=O) groups excluding carboxylic acids is 1. The second kappa shape index (κ2) is 11.7. The van der Waals surface area contributed by atoms with E-state index in [-0.39, 0.29) is 6.09 Å². The molecule has 0 spiro atoms. The van der Waals surface area contributed by atoms with Crippen LogP contribution < -0.4 is 10.6 Å². The first-order chi connectivity index (χ1) is 14.2. The highest BCUT2D eigenvalue weighted by molar-refractivity contribution is 5.80. The predicted molar refractivity (Wildman–Crippen MR) is 114 cm³/mol. The number of nitrogens with one attached hydrogen (secondary N) is 2. The van der Waals surface area contributed by atoms with Gasteiger partial charge in [-0.3, -0.25) is 4.99 Å². The van der Waals surface area contributed by atoms with Crippen LogP contribution in [-0.4, -0.2) is 55.8 Å². The van der Waals surface area contributed by atoms with E-state index in [2.05, 4.69) is 10.6 Å². The Kier molecular flexibility index (Phi) is 8.71. The molecule has 0 bridgehead atoms. The molecule has 1 aromatic rings. The zero-order chi connectivity index (χ0) is 20.3. The first-order valence-corrected chi connectivity index (χ1v) is 11.2. The van der Waals surface area contributed by atoms with E-state index in [0.29, 0.717) is 18.6 Å². The van der Waals surface area contributed by atoms with Crippen molar-refractivity contribution < 1.29 is 13.9 Å². The van der Waals surface area contributed by atoms with Gasteiger partial charge in [-0.05, 0) is 50.7 Å². The summed E-state index contributed by atoms with van der Waals surface area (Å²) in [6.07, 6.45) is 10.8. The lowest BCUT2D eigenvalue weighted by Gasteiger charge is -2.32. The van der Waals surface area contributed by atoms with E-state index in [1.807, 2.05) is 19.1 Å². The number of carbonyl (C=O) groups is 1. The van der Waals surface area contributed by atoms with Gasteiger partial charge in [0.2, 0.25) is 0 Å². The van der Waals surface area contributed by atoms with Crippen LogP contribution in [0.4, 0.5) is 4.79 Å². The standard InChI is InChI=1S/C22H36N4O3/c1-2-28-22(27)26-14-11-19(12-15-26)25-21(23-13-10-20-9-6-16-29-20)24-17-18-7-4-3-5-8-18/h6,9,16,18-19H,2-5,7-8,10-15,17H2,1H3,(H2,23,24,25). The smallest absolute Gasteiger partial charge is 0.409 e. The van der Waals surface area contributed by atoms with Gasteiger partial charge in [0, 0.05) is 38.6 Å². The van der Waals surface area contributed by atoms with Crippen LogP contribution in [0.25, 0.3) is 0 Å². The SMILES string of the molecule is CCOC(=O)N1CCC(NC(=NCC2CCCCC2)NCCc2ccco2)CC1. The Morgan fingerprint density at radius 2 is 2.03 bits per heavy atom. The van der Waals surface area contributed by atoms with Gasteiger partial charge in [0.15, 0.2) is 5.96 Å². The molecule has 1 saturated heterocycles. The molecule has 7 nitrogen and oxygen atoms in total. The Labute approximate surface area is 174 Å². The first kappa shape index (κ1) is 21.5. The van der Waals surface area contributed by atoms with Crippen molar-refractivity contribution in [1.29, 1.82) is 0 Å². The molecule has 1 aliphatic carbocycles. The average molecular weight is 405 g/mol. The number of nitrogens with zero attached hydrogens (tertiary/aromatic N) is 2. The highest BCUT2D eigenvalue weighted by Gasteiger charge is 2.24. The Hall–Kier alpha value is -2.18. The minimum absolute atomic E-state index is 0.200. The summed E-state index contributed by atoms with van der Waals surface area (Å²) in [7, 11) is 0. The summed E-state index contributed by atoms with van der Waals surface area (Å²) >= 11 is 0. The van der Waals surface area contributed by atoms with Gasteiger partial charge < -0.3 is 24.7 Å². The monoisotopic (exact) mass is 404 g/mol. The van der Waals surface area contributed by atoms with Crippen molar-refractivity contribution in [3.8, 4) is 0 Å². The Morgan fingerprint density at radius 1 is 1.24 bits per heavy atom. The molecule has 0 aromatic carbocycles. The summed E-state index contributed by atoms with van der Waals surface area (Å²) in [5.41, 5.74) is 0. The van der Waals surface area contributed by atoms with Gasteiger partial charge >= 0.3 is 6.09 Å². The zero-order valence-corrected chi connectivity index (χ0v) is 17.7. The zero-order valence-electron chi connectivity index (χ0n) is 17.7. The number of piperidine rings is 1. The molecular formula is C22H36N4O3.